The van der Waals surface area contributed by atoms with Gasteiger partial charge in [0.15, 0.2) is 0 Å². The van der Waals surface area contributed by atoms with Crippen LogP contribution in [0, 0.1) is 0 Å². The topological polar surface area (TPSA) is 26.3 Å². The summed E-state index contributed by atoms with van der Waals surface area (Å²) in [5, 5.41) is -0.296. The van der Waals surface area contributed by atoms with Gasteiger partial charge in [-0.05, 0) is 24.1 Å². The molecule has 0 fully saturated rings. The normalized spacial score (nSPS) is 20.2. The molecule has 1 aliphatic heterocycles. The van der Waals surface area contributed by atoms with E-state index in [2.05, 4.69) is 0 Å². The fourth-order valence-corrected chi connectivity index (χ4v) is 1.80. The number of rotatable bonds is 1. The number of halogens is 1. The van der Waals surface area contributed by atoms with Gasteiger partial charge in [0.25, 0.3) is 0 Å². The van der Waals surface area contributed by atoms with E-state index in [9.17, 15) is 4.79 Å². The zero-order valence-corrected chi connectivity index (χ0v) is 7.75. The molecule has 13 heavy (non-hydrogen) atoms. The van der Waals surface area contributed by atoms with Gasteiger partial charge in [-0.1, -0.05) is 18.2 Å². The molecule has 0 spiro atoms. The molecular formula is C10H9ClO2. The smallest absolute Gasteiger partial charge is 0.229 e. The van der Waals surface area contributed by atoms with E-state index in [1.54, 1.807) is 0 Å². The van der Waals surface area contributed by atoms with Crippen molar-refractivity contribution >= 4 is 16.8 Å². The van der Waals surface area contributed by atoms with Gasteiger partial charge in [-0.25, -0.2) is 0 Å². The molecule has 0 aromatic heterocycles. The first-order valence-electron chi connectivity index (χ1n) is 4.20. The molecule has 0 N–H and O–H groups in total. The molecular weight excluding hydrogens is 188 g/mol. The standard InChI is InChI=1S/C10H9ClO2/c11-10(12)8-5-6-13-9-4-2-1-3-7(8)9/h1-4,8H,5-6H2. The third kappa shape index (κ3) is 1.54. The second kappa shape index (κ2) is 3.38. The third-order valence-corrected chi connectivity index (χ3v) is 2.50. The predicted octanol–water partition coefficient (Wildman–Crippen LogP) is 2.32. The minimum absolute atomic E-state index is 0.188. The minimum atomic E-state index is -0.296. The van der Waals surface area contributed by atoms with Gasteiger partial charge in [-0.15, -0.1) is 0 Å². The summed E-state index contributed by atoms with van der Waals surface area (Å²) < 4.78 is 5.39. The summed E-state index contributed by atoms with van der Waals surface area (Å²) in [6, 6.07) is 7.53. The average Bonchev–Trinajstić information content (AvgIpc) is 2.17. The Morgan fingerprint density at radius 3 is 3.00 bits per heavy atom. The number of benzene rings is 1. The lowest BCUT2D eigenvalue weighted by atomic mass is 9.94. The third-order valence-electron chi connectivity index (χ3n) is 2.23. The summed E-state index contributed by atoms with van der Waals surface area (Å²) in [6.45, 7) is 0.570. The molecule has 1 aromatic rings. The van der Waals surface area contributed by atoms with E-state index in [0.717, 1.165) is 11.3 Å². The van der Waals surface area contributed by atoms with Crippen molar-refractivity contribution in [3.63, 3.8) is 0 Å². The minimum Gasteiger partial charge on any atom is -0.493 e. The maximum absolute atomic E-state index is 11.1. The molecule has 1 atom stereocenters. The lowest BCUT2D eigenvalue weighted by molar-refractivity contribution is -0.113. The Morgan fingerprint density at radius 2 is 2.23 bits per heavy atom. The molecule has 0 saturated heterocycles. The summed E-state index contributed by atoms with van der Waals surface area (Å²) in [7, 11) is 0. The number of hydrogen-bond acceptors (Lipinski definition) is 2. The Bertz CT molecular complexity index is 335. The van der Waals surface area contributed by atoms with Crippen LogP contribution in [0.25, 0.3) is 0 Å². The van der Waals surface area contributed by atoms with Gasteiger partial charge in [0.05, 0.1) is 12.5 Å². The maximum Gasteiger partial charge on any atom is 0.229 e. The highest BCUT2D eigenvalue weighted by Crippen LogP contribution is 2.34. The van der Waals surface area contributed by atoms with E-state index in [-0.39, 0.29) is 11.2 Å². The van der Waals surface area contributed by atoms with Crippen molar-refractivity contribution in [2.24, 2.45) is 0 Å². The first kappa shape index (κ1) is 8.57. The SMILES string of the molecule is O=C(Cl)C1CCOc2ccccc21. The van der Waals surface area contributed by atoms with Crippen molar-refractivity contribution in [2.45, 2.75) is 12.3 Å². The molecule has 0 bridgehead atoms. The molecule has 0 aliphatic carbocycles. The molecule has 0 radical (unpaired) electrons. The maximum atomic E-state index is 11.1. The molecule has 1 heterocycles. The lowest BCUT2D eigenvalue weighted by Crippen LogP contribution is -2.18. The van der Waals surface area contributed by atoms with Crippen LogP contribution in [0.15, 0.2) is 24.3 Å². The van der Waals surface area contributed by atoms with Crippen LogP contribution in [0.1, 0.15) is 17.9 Å². The summed E-state index contributed by atoms with van der Waals surface area (Å²) in [4.78, 5) is 11.1. The molecule has 1 aliphatic rings. The second-order valence-electron chi connectivity index (χ2n) is 3.03. The van der Waals surface area contributed by atoms with Crippen LogP contribution in [-0.4, -0.2) is 11.8 Å². The second-order valence-corrected chi connectivity index (χ2v) is 3.40. The summed E-state index contributed by atoms with van der Waals surface area (Å²) in [5.41, 5.74) is 0.911. The quantitative estimate of drug-likeness (QED) is 0.645. The highest BCUT2D eigenvalue weighted by Gasteiger charge is 2.25. The highest BCUT2D eigenvalue weighted by atomic mass is 35.5. The van der Waals surface area contributed by atoms with Crippen molar-refractivity contribution in [1.82, 2.24) is 0 Å². The van der Waals surface area contributed by atoms with Crippen molar-refractivity contribution < 1.29 is 9.53 Å². The number of carbonyl (C=O) groups excluding carboxylic acids is 1. The Kier molecular flexibility index (Phi) is 2.23. The Hall–Kier alpha value is -1.02. The summed E-state index contributed by atoms with van der Waals surface area (Å²) in [5.74, 6) is 0.597. The van der Waals surface area contributed by atoms with Crippen LogP contribution < -0.4 is 4.74 Å². The van der Waals surface area contributed by atoms with Gasteiger partial charge in [0, 0.05) is 5.56 Å². The van der Waals surface area contributed by atoms with Crippen molar-refractivity contribution in [3.05, 3.63) is 29.8 Å². The van der Waals surface area contributed by atoms with Crippen molar-refractivity contribution in [3.8, 4) is 5.75 Å². The molecule has 3 heteroatoms. The molecule has 0 saturated carbocycles. The van der Waals surface area contributed by atoms with Crippen LogP contribution in [0.4, 0.5) is 0 Å². The first-order valence-corrected chi connectivity index (χ1v) is 4.58. The van der Waals surface area contributed by atoms with E-state index >= 15 is 0 Å². The van der Waals surface area contributed by atoms with E-state index in [0.29, 0.717) is 13.0 Å². The van der Waals surface area contributed by atoms with Crippen LogP contribution in [0.3, 0.4) is 0 Å². The zero-order valence-electron chi connectivity index (χ0n) is 7.00. The van der Waals surface area contributed by atoms with Gasteiger partial charge >= 0.3 is 0 Å². The molecule has 68 valence electrons. The molecule has 1 aromatic carbocycles. The fourth-order valence-electron chi connectivity index (χ4n) is 1.58. The Labute approximate surface area is 81.5 Å². The van der Waals surface area contributed by atoms with Gasteiger partial charge in [0.2, 0.25) is 5.24 Å². The van der Waals surface area contributed by atoms with Gasteiger partial charge in [-0.3, -0.25) is 4.79 Å². The first-order chi connectivity index (χ1) is 6.29. The monoisotopic (exact) mass is 196 g/mol. The van der Waals surface area contributed by atoms with E-state index in [4.69, 9.17) is 16.3 Å². The van der Waals surface area contributed by atoms with Crippen LogP contribution in [-0.2, 0) is 4.79 Å². The van der Waals surface area contributed by atoms with Gasteiger partial charge in [0.1, 0.15) is 5.75 Å². The number of carbonyl (C=O) groups is 1. The lowest BCUT2D eigenvalue weighted by Gasteiger charge is -2.22. The molecule has 2 nitrogen and oxygen atoms in total. The largest absolute Gasteiger partial charge is 0.493 e. The van der Waals surface area contributed by atoms with E-state index in [1.165, 1.54) is 0 Å². The molecule has 2 rings (SSSR count). The Morgan fingerprint density at radius 1 is 1.46 bits per heavy atom. The van der Waals surface area contributed by atoms with Crippen LogP contribution >= 0.6 is 11.6 Å². The number of fused-ring (bicyclic) bond motifs is 1. The van der Waals surface area contributed by atoms with Gasteiger partial charge in [-0.2, -0.15) is 0 Å². The zero-order chi connectivity index (χ0) is 9.26. The van der Waals surface area contributed by atoms with Gasteiger partial charge < -0.3 is 4.74 Å². The summed E-state index contributed by atoms with van der Waals surface area (Å²) in [6.07, 6.45) is 0.680. The van der Waals surface area contributed by atoms with Crippen LogP contribution in [0.5, 0.6) is 5.75 Å². The van der Waals surface area contributed by atoms with Crippen molar-refractivity contribution in [1.29, 1.82) is 0 Å². The van der Waals surface area contributed by atoms with Crippen LogP contribution in [0.2, 0.25) is 0 Å². The van der Waals surface area contributed by atoms with E-state index < -0.39 is 0 Å². The fraction of sp³-hybridized carbons (Fsp3) is 0.300. The summed E-state index contributed by atoms with van der Waals surface area (Å²) >= 11 is 5.49. The number of hydrogen-bond donors (Lipinski definition) is 0. The average molecular weight is 197 g/mol. The predicted molar refractivity (Wildman–Crippen MR) is 50.2 cm³/mol. The van der Waals surface area contributed by atoms with Crippen molar-refractivity contribution in [2.75, 3.05) is 6.61 Å². The molecule has 0 amide bonds. The highest BCUT2D eigenvalue weighted by molar-refractivity contribution is 6.64. The molecule has 1 unspecified atom stereocenters. The number of ether oxygens (including phenoxy) is 1. The number of para-hydroxylation sites is 1. The Balaban J connectivity index is 2.42. The van der Waals surface area contributed by atoms with E-state index in [1.807, 2.05) is 24.3 Å².